The lowest BCUT2D eigenvalue weighted by Crippen LogP contribution is -2.31. The molecule has 1 aromatic heterocycles. The molecule has 2 aromatic rings. The number of pyridine rings is 1. The van der Waals surface area contributed by atoms with Crippen molar-refractivity contribution in [3.05, 3.63) is 47.2 Å². The minimum atomic E-state index is -5.81. The average Bonchev–Trinajstić information content (AvgIpc) is 2.62. The largest absolute Gasteiger partial charge is 0.534 e. The van der Waals surface area contributed by atoms with E-state index in [1.807, 2.05) is 0 Å². The van der Waals surface area contributed by atoms with Gasteiger partial charge in [0, 0.05) is 43.2 Å². The van der Waals surface area contributed by atoms with Crippen LogP contribution in [0, 0.1) is 11.6 Å². The number of fused-ring (bicyclic) bond motifs is 1. The molecule has 0 fully saturated rings. The van der Waals surface area contributed by atoms with Gasteiger partial charge in [0.15, 0.2) is 11.6 Å². The number of alkyl halides is 3. The van der Waals surface area contributed by atoms with Crippen LogP contribution in [0.1, 0.15) is 11.1 Å². The van der Waals surface area contributed by atoms with E-state index in [0.717, 1.165) is 12.1 Å². The molecule has 0 radical (unpaired) electrons. The van der Waals surface area contributed by atoms with Gasteiger partial charge in [-0.2, -0.15) is 26.0 Å². The molecule has 1 aromatic carbocycles. The number of methoxy groups -OCH3 is 1. The third kappa shape index (κ3) is 3.81. The monoisotopic (exact) mass is 424 g/mol. The van der Waals surface area contributed by atoms with Crippen molar-refractivity contribution >= 4 is 15.8 Å². The number of hydrogen-bond donors (Lipinski definition) is 0. The van der Waals surface area contributed by atoms with Crippen molar-refractivity contribution in [2.75, 3.05) is 18.6 Å². The topological polar surface area (TPSA) is 68.7 Å². The number of hydrogen-bond acceptors (Lipinski definition) is 6. The number of ether oxygens (including phenoxy) is 1. The fourth-order valence-corrected chi connectivity index (χ4v) is 3.14. The molecule has 12 heteroatoms. The van der Waals surface area contributed by atoms with Crippen LogP contribution in [0.3, 0.4) is 0 Å². The van der Waals surface area contributed by atoms with Gasteiger partial charge in [-0.1, -0.05) is 0 Å². The van der Waals surface area contributed by atoms with Crippen molar-refractivity contribution in [3.8, 4) is 11.6 Å². The summed E-state index contributed by atoms with van der Waals surface area (Å²) in [6.45, 7) is 0.513. The molecule has 28 heavy (non-hydrogen) atoms. The molecule has 0 spiro atoms. The summed E-state index contributed by atoms with van der Waals surface area (Å²) in [6.07, 6.45) is 1.47. The molecule has 0 bridgehead atoms. The highest BCUT2D eigenvalue weighted by Crippen LogP contribution is 2.32. The van der Waals surface area contributed by atoms with Crippen LogP contribution in [0.4, 0.5) is 27.6 Å². The maximum Gasteiger partial charge on any atom is 0.534 e. The molecule has 0 atom stereocenters. The summed E-state index contributed by atoms with van der Waals surface area (Å²) in [4.78, 5) is 5.29. The van der Waals surface area contributed by atoms with E-state index in [2.05, 4.69) is 9.17 Å². The van der Waals surface area contributed by atoms with Crippen LogP contribution in [0.5, 0.6) is 11.6 Å². The van der Waals surface area contributed by atoms with Gasteiger partial charge in [0.1, 0.15) is 0 Å². The molecular weight excluding hydrogens is 411 g/mol. The van der Waals surface area contributed by atoms with E-state index in [4.69, 9.17) is 4.74 Å². The van der Waals surface area contributed by atoms with E-state index in [1.54, 1.807) is 4.90 Å². The molecule has 3 rings (SSSR count). The van der Waals surface area contributed by atoms with Crippen LogP contribution in [-0.2, 0) is 23.1 Å². The molecule has 2 heterocycles. The van der Waals surface area contributed by atoms with Gasteiger partial charge in [-0.25, -0.2) is 9.37 Å². The summed E-state index contributed by atoms with van der Waals surface area (Å²) in [7, 11) is -4.61. The van der Waals surface area contributed by atoms with Crippen LogP contribution >= 0.6 is 0 Å². The smallest absolute Gasteiger partial charge is 0.493 e. The highest BCUT2D eigenvalue weighted by molar-refractivity contribution is 7.87. The zero-order chi connectivity index (χ0) is 20.7. The van der Waals surface area contributed by atoms with Gasteiger partial charge in [0.25, 0.3) is 0 Å². The van der Waals surface area contributed by atoms with Crippen LogP contribution in [0.15, 0.2) is 24.4 Å². The van der Waals surface area contributed by atoms with Crippen LogP contribution in [0.25, 0.3) is 0 Å². The average molecular weight is 424 g/mol. The summed E-state index contributed by atoms with van der Waals surface area (Å²) in [5.41, 5.74) is -4.10. The maximum absolute atomic E-state index is 13.7. The molecule has 6 nitrogen and oxygen atoms in total. The molecule has 152 valence electrons. The Morgan fingerprint density at radius 3 is 2.50 bits per heavy atom. The first-order valence-corrected chi connectivity index (χ1v) is 9.19. The van der Waals surface area contributed by atoms with Crippen molar-refractivity contribution in [2.45, 2.75) is 18.5 Å². The van der Waals surface area contributed by atoms with Gasteiger partial charge >= 0.3 is 15.6 Å². The fourth-order valence-electron chi connectivity index (χ4n) is 2.73. The zero-order valence-electron chi connectivity index (χ0n) is 14.3. The second-order valence-electron chi connectivity index (χ2n) is 5.89. The van der Waals surface area contributed by atoms with E-state index in [9.17, 15) is 30.4 Å². The SMILES string of the molecule is COc1cc(N2CCc3cc(OS(=O)(=O)C(F)(F)F)ncc3C2)cc(F)c1F. The Labute approximate surface area is 156 Å². The molecular formula is C16H13F5N2O4S. The van der Waals surface area contributed by atoms with Gasteiger partial charge < -0.3 is 13.8 Å². The van der Waals surface area contributed by atoms with E-state index in [-0.39, 0.29) is 12.3 Å². The molecule has 0 saturated carbocycles. The summed E-state index contributed by atoms with van der Waals surface area (Å²) in [6, 6.07) is 3.44. The lowest BCUT2D eigenvalue weighted by molar-refractivity contribution is -0.0501. The Hall–Kier alpha value is -2.63. The normalized spacial score (nSPS) is 14.6. The summed E-state index contributed by atoms with van der Waals surface area (Å²) >= 11 is 0. The highest BCUT2D eigenvalue weighted by Gasteiger charge is 2.48. The van der Waals surface area contributed by atoms with Crippen molar-refractivity contribution < 1.29 is 39.3 Å². The Bertz CT molecular complexity index is 1010. The second kappa shape index (κ2) is 7.08. The predicted molar refractivity (Wildman–Crippen MR) is 87.5 cm³/mol. The Balaban J connectivity index is 1.83. The zero-order valence-corrected chi connectivity index (χ0v) is 15.1. The van der Waals surface area contributed by atoms with Gasteiger partial charge in [-0.15, -0.1) is 0 Å². The van der Waals surface area contributed by atoms with Gasteiger partial charge in [-0.05, 0) is 17.5 Å². The highest BCUT2D eigenvalue weighted by atomic mass is 32.2. The lowest BCUT2D eigenvalue weighted by atomic mass is 10.0. The molecule has 1 aliphatic rings. The van der Waals surface area contributed by atoms with Gasteiger partial charge in [0.2, 0.25) is 11.7 Å². The molecule has 0 amide bonds. The summed E-state index contributed by atoms with van der Waals surface area (Å²) in [5, 5.41) is 0. The van der Waals surface area contributed by atoms with Crippen LogP contribution in [-0.4, -0.2) is 32.6 Å². The van der Waals surface area contributed by atoms with Crippen LogP contribution in [0.2, 0.25) is 0 Å². The standard InChI is InChI=1S/C16H13F5N2O4S/c1-26-13-6-11(5-12(17)15(13)18)23-3-2-9-4-14(22-7-10(9)8-23)27-28(24,25)16(19,20)21/h4-7H,2-3,8H2,1H3. The first-order valence-electron chi connectivity index (χ1n) is 7.78. The predicted octanol–water partition coefficient (Wildman–Crippen LogP) is 3.16. The minimum Gasteiger partial charge on any atom is -0.493 e. The molecule has 1 aliphatic heterocycles. The Morgan fingerprint density at radius 2 is 1.86 bits per heavy atom. The van der Waals surface area contributed by atoms with Crippen molar-refractivity contribution in [3.63, 3.8) is 0 Å². The van der Waals surface area contributed by atoms with E-state index >= 15 is 0 Å². The summed E-state index contributed by atoms with van der Waals surface area (Å²) in [5.74, 6) is -3.16. The van der Waals surface area contributed by atoms with Crippen LogP contribution < -0.4 is 13.8 Å². The number of aromatic nitrogens is 1. The summed E-state index contributed by atoms with van der Waals surface area (Å²) < 4.78 is 95.5. The third-order valence-corrected chi connectivity index (χ3v) is 5.07. The second-order valence-corrected chi connectivity index (χ2v) is 7.43. The number of nitrogens with zero attached hydrogens (tertiary/aromatic N) is 2. The third-order valence-electron chi connectivity index (χ3n) is 4.11. The first kappa shape index (κ1) is 20.1. The van der Waals surface area contributed by atoms with E-state index < -0.39 is 33.1 Å². The van der Waals surface area contributed by atoms with E-state index in [1.165, 1.54) is 19.4 Å². The van der Waals surface area contributed by atoms with Crippen molar-refractivity contribution in [1.82, 2.24) is 4.98 Å². The quantitative estimate of drug-likeness (QED) is 0.427. The number of anilines is 1. The molecule has 0 aliphatic carbocycles. The van der Waals surface area contributed by atoms with Gasteiger partial charge in [-0.3, -0.25) is 0 Å². The Morgan fingerprint density at radius 1 is 1.14 bits per heavy atom. The number of halogens is 5. The molecule has 0 unspecified atom stereocenters. The number of benzene rings is 1. The van der Waals surface area contributed by atoms with Gasteiger partial charge in [0.05, 0.1) is 7.11 Å². The first-order chi connectivity index (χ1) is 13.0. The van der Waals surface area contributed by atoms with Crippen molar-refractivity contribution in [2.24, 2.45) is 0 Å². The minimum absolute atomic E-state index is 0.197. The molecule has 0 N–H and O–H groups in total. The van der Waals surface area contributed by atoms with E-state index in [0.29, 0.717) is 29.8 Å². The lowest BCUT2D eigenvalue weighted by Gasteiger charge is -2.31. The molecule has 0 saturated heterocycles. The number of rotatable bonds is 4. The maximum atomic E-state index is 13.7. The fraction of sp³-hybridized carbons (Fsp3) is 0.312. The van der Waals surface area contributed by atoms with Crippen molar-refractivity contribution in [1.29, 1.82) is 0 Å². The Kier molecular flexibility index (Phi) is 5.08.